The topological polar surface area (TPSA) is 26.0 Å². The van der Waals surface area contributed by atoms with Crippen LogP contribution in [0.1, 0.15) is 25.7 Å². The van der Waals surface area contributed by atoms with E-state index in [1.807, 2.05) is 0 Å². The number of hydrogen-bond acceptors (Lipinski definition) is 1. The van der Waals surface area contributed by atoms with Gasteiger partial charge in [0.25, 0.3) is 0 Å². The minimum atomic E-state index is -7.32. The molecule has 0 spiro atoms. The van der Waals surface area contributed by atoms with Gasteiger partial charge in [-0.2, -0.15) is 48.3 Å². The number of hydrogen-bond donors (Lipinski definition) is 1. The van der Waals surface area contributed by atoms with E-state index >= 15 is 0 Å². The van der Waals surface area contributed by atoms with E-state index in [2.05, 4.69) is 0 Å². The van der Waals surface area contributed by atoms with Gasteiger partial charge in [0, 0.05) is 6.42 Å². The largest absolute Gasteiger partial charge is 0.460 e. The van der Waals surface area contributed by atoms with Crippen LogP contribution in [-0.4, -0.2) is 36.4 Å². The third-order valence-corrected chi connectivity index (χ3v) is 2.80. The van der Waals surface area contributed by atoms with E-state index in [1.54, 1.807) is 0 Å². The van der Waals surface area contributed by atoms with Gasteiger partial charge < -0.3 is 5.73 Å². The van der Waals surface area contributed by atoms with E-state index in [0.717, 1.165) is 0 Å². The molecule has 2 N–H and O–H groups in total. The number of alkyl halides is 11. The van der Waals surface area contributed by atoms with E-state index in [0.29, 0.717) is 0 Å². The Kier molecular flexibility index (Phi) is 6.13. The summed E-state index contributed by atoms with van der Waals surface area (Å²) in [6, 6.07) is 0. The SMILES string of the molecule is NCCCCCC(F)(F)C(F)(F)C(F)(F)C(F)(F)C(F)(F)F. The number of rotatable bonds is 8. The highest BCUT2D eigenvalue weighted by Gasteiger charge is 2.86. The zero-order valence-electron chi connectivity index (χ0n) is 10.8. The summed E-state index contributed by atoms with van der Waals surface area (Å²) in [5.74, 6) is -27.3. The van der Waals surface area contributed by atoms with Crippen molar-refractivity contribution >= 4 is 0 Å². The molecular formula is C10H12F11N. The molecule has 0 atom stereocenters. The predicted octanol–water partition coefficient (Wildman–Crippen LogP) is 4.61. The molecular weight excluding hydrogens is 343 g/mol. The van der Waals surface area contributed by atoms with Gasteiger partial charge in [-0.25, -0.2) is 0 Å². The second kappa shape index (κ2) is 6.36. The molecule has 0 aromatic rings. The van der Waals surface area contributed by atoms with Gasteiger partial charge in [-0.15, -0.1) is 0 Å². The highest BCUT2D eigenvalue weighted by Crippen LogP contribution is 2.58. The lowest BCUT2D eigenvalue weighted by Gasteiger charge is -2.37. The highest BCUT2D eigenvalue weighted by atomic mass is 19.4. The molecule has 0 rings (SSSR count). The highest BCUT2D eigenvalue weighted by molar-refractivity contribution is 5.06. The maximum atomic E-state index is 13.1. The number of unbranched alkanes of at least 4 members (excludes halogenated alkanes) is 2. The van der Waals surface area contributed by atoms with Crippen molar-refractivity contribution in [3.63, 3.8) is 0 Å². The molecule has 22 heavy (non-hydrogen) atoms. The van der Waals surface area contributed by atoms with Crippen molar-refractivity contribution in [1.29, 1.82) is 0 Å². The molecule has 0 radical (unpaired) electrons. The molecule has 1 nitrogen and oxygen atoms in total. The van der Waals surface area contributed by atoms with Gasteiger partial charge >= 0.3 is 29.9 Å². The van der Waals surface area contributed by atoms with E-state index < -0.39 is 42.7 Å². The maximum Gasteiger partial charge on any atom is 0.460 e. The fourth-order valence-corrected chi connectivity index (χ4v) is 1.43. The Labute approximate surface area is 117 Å². The lowest BCUT2D eigenvalue weighted by Crippen LogP contribution is -2.66. The van der Waals surface area contributed by atoms with Crippen LogP contribution in [-0.2, 0) is 0 Å². The summed E-state index contributed by atoms with van der Waals surface area (Å²) in [6.45, 7) is -0.0235. The minimum Gasteiger partial charge on any atom is -0.330 e. The fourth-order valence-electron chi connectivity index (χ4n) is 1.43. The van der Waals surface area contributed by atoms with E-state index in [1.165, 1.54) is 0 Å². The molecule has 134 valence electrons. The first kappa shape index (κ1) is 21.2. The van der Waals surface area contributed by atoms with Crippen LogP contribution in [0.15, 0.2) is 0 Å². The summed E-state index contributed by atoms with van der Waals surface area (Å²) in [5.41, 5.74) is 4.96. The van der Waals surface area contributed by atoms with Gasteiger partial charge in [-0.3, -0.25) is 0 Å². The lowest BCUT2D eigenvalue weighted by atomic mass is 9.94. The van der Waals surface area contributed by atoms with Crippen LogP contribution in [0.3, 0.4) is 0 Å². The van der Waals surface area contributed by atoms with Crippen LogP contribution in [0.4, 0.5) is 48.3 Å². The van der Waals surface area contributed by atoms with Crippen molar-refractivity contribution in [3.8, 4) is 0 Å². The van der Waals surface area contributed by atoms with Gasteiger partial charge in [0.1, 0.15) is 0 Å². The maximum absolute atomic E-state index is 13.1. The van der Waals surface area contributed by atoms with Crippen molar-refractivity contribution in [2.24, 2.45) is 5.73 Å². The smallest absolute Gasteiger partial charge is 0.330 e. The van der Waals surface area contributed by atoms with Crippen molar-refractivity contribution in [3.05, 3.63) is 0 Å². The summed E-state index contributed by atoms with van der Waals surface area (Å²) < 4.78 is 138. The molecule has 0 unspecified atom stereocenters. The number of nitrogens with two attached hydrogens (primary N) is 1. The third kappa shape index (κ3) is 3.57. The Morgan fingerprint density at radius 3 is 1.36 bits per heavy atom. The van der Waals surface area contributed by atoms with Crippen LogP contribution in [0.25, 0.3) is 0 Å². The Morgan fingerprint density at radius 2 is 1.00 bits per heavy atom. The van der Waals surface area contributed by atoms with Crippen molar-refractivity contribution in [2.45, 2.75) is 55.5 Å². The first-order chi connectivity index (χ1) is 9.56. The summed E-state index contributed by atoms with van der Waals surface area (Å²) >= 11 is 0. The molecule has 0 aromatic heterocycles. The molecule has 0 aromatic carbocycles. The van der Waals surface area contributed by atoms with E-state index in [4.69, 9.17) is 5.73 Å². The van der Waals surface area contributed by atoms with Crippen LogP contribution in [0, 0.1) is 0 Å². The molecule has 0 aliphatic heterocycles. The van der Waals surface area contributed by atoms with Crippen molar-refractivity contribution in [2.75, 3.05) is 6.54 Å². The average Bonchev–Trinajstić information content (AvgIpc) is 2.32. The average molecular weight is 355 g/mol. The molecule has 0 aliphatic carbocycles. The Balaban J connectivity index is 5.41. The van der Waals surface area contributed by atoms with Crippen LogP contribution >= 0.6 is 0 Å². The molecule has 12 heteroatoms. The number of halogens is 11. The van der Waals surface area contributed by atoms with Crippen LogP contribution in [0.2, 0.25) is 0 Å². The molecule has 0 aliphatic rings. The minimum absolute atomic E-state index is 0.0235. The van der Waals surface area contributed by atoms with E-state index in [-0.39, 0.29) is 19.4 Å². The van der Waals surface area contributed by atoms with Gasteiger partial charge in [0.2, 0.25) is 0 Å². The Hall–Kier alpha value is -0.810. The van der Waals surface area contributed by atoms with Gasteiger partial charge in [-0.05, 0) is 19.4 Å². The standard InChI is InChI=1S/C10H12F11N/c11-6(12,4-2-1-3-5-22)7(13,14)8(15,16)9(17,18)10(19,20)21/h1-5,22H2. The van der Waals surface area contributed by atoms with Gasteiger partial charge in [0.15, 0.2) is 0 Å². The van der Waals surface area contributed by atoms with Crippen LogP contribution in [0.5, 0.6) is 0 Å². The quantitative estimate of drug-likeness (QED) is 0.500. The second-order valence-corrected chi connectivity index (χ2v) is 4.52. The summed E-state index contributed by atoms with van der Waals surface area (Å²) in [4.78, 5) is 0. The zero-order valence-corrected chi connectivity index (χ0v) is 10.8. The Morgan fingerprint density at radius 1 is 0.545 bits per heavy atom. The summed E-state index contributed by atoms with van der Waals surface area (Å²) in [7, 11) is 0. The Bertz CT molecular complexity index is 360. The second-order valence-electron chi connectivity index (χ2n) is 4.52. The van der Waals surface area contributed by atoms with Gasteiger partial charge in [-0.1, -0.05) is 6.42 Å². The predicted molar refractivity (Wildman–Crippen MR) is 53.4 cm³/mol. The molecule has 0 amide bonds. The summed E-state index contributed by atoms with van der Waals surface area (Å²) in [6.07, 6.45) is -10.0. The molecule has 0 heterocycles. The molecule has 0 bridgehead atoms. The van der Waals surface area contributed by atoms with E-state index in [9.17, 15) is 48.3 Å². The fraction of sp³-hybridized carbons (Fsp3) is 1.00. The third-order valence-electron chi connectivity index (χ3n) is 2.80. The van der Waals surface area contributed by atoms with Crippen molar-refractivity contribution in [1.82, 2.24) is 0 Å². The normalized spacial score (nSPS) is 15.3. The van der Waals surface area contributed by atoms with Crippen LogP contribution < -0.4 is 5.73 Å². The summed E-state index contributed by atoms with van der Waals surface area (Å²) in [5, 5.41) is 0. The first-order valence-electron chi connectivity index (χ1n) is 5.84. The lowest BCUT2D eigenvalue weighted by molar-refractivity contribution is -0.422. The zero-order chi connectivity index (χ0) is 18.0. The monoisotopic (exact) mass is 355 g/mol. The molecule has 0 saturated carbocycles. The molecule has 0 fully saturated rings. The van der Waals surface area contributed by atoms with Gasteiger partial charge in [0.05, 0.1) is 0 Å². The molecule has 0 saturated heterocycles. The van der Waals surface area contributed by atoms with Crippen molar-refractivity contribution < 1.29 is 48.3 Å². The first-order valence-corrected chi connectivity index (χ1v) is 5.84.